The van der Waals surface area contributed by atoms with Crippen molar-refractivity contribution in [2.24, 2.45) is 0 Å². The molecule has 0 aliphatic carbocycles. The van der Waals surface area contributed by atoms with E-state index in [0.29, 0.717) is 23.7 Å². The number of amides is 1. The highest BCUT2D eigenvalue weighted by Crippen LogP contribution is 2.45. The second-order valence-corrected chi connectivity index (χ2v) is 7.35. The van der Waals surface area contributed by atoms with Crippen LogP contribution in [0.15, 0.2) is 30.0 Å². The molecule has 0 saturated carbocycles. The number of benzene rings is 1. The van der Waals surface area contributed by atoms with Crippen molar-refractivity contribution in [2.75, 3.05) is 13.2 Å². The Morgan fingerprint density at radius 1 is 1.44 bits per heavy atom. The lowest BCUT2D eigenvalue weighted by Crippen LogP contribution is -2.54. The SMILES string of the molecule is CCCCOC1=CC(=O)N([C@@H]2c3cc([N+](=O)[O-])ccc3OC(C)(C)[C@H]2O)C1. The molecule has 2 aliphatic heterocycles. The summed E-state index contributed by atoms with van der Waals surface area (Å²) in [5.41, 5.74) is -0.652. The molecule has 0 fully saturated rings. The smallest absolute Gasteiger partial charge is 0.270 e. The number of unbranched alkanes of at least 4 members (excludes halogenated alkanes) is 1. The van der Waals surface area contributed by atoms with Gasteiger partial charge in [0.05, 0.1) is 24.1 Å². The number of fused-ring (bicyclic) bond motifs is 1. The van der Waals surface area contributed by atoms with Gasteiger partial charge in [-0.1, -0.05) is 13.3 Å². The van der Waals surface area contributed by atoms with Crippen molar-refractivity contribution in [3.8, 4) is 5.75 Å². The summed E-state index contributed by atoms with van der Waals surface area (Å²) >= 11 is 0. The second-order valence-electron chi connectivity index (χ2n) is 7.35. The summed E-state index contributed by atoms with van der Waals surface area (Å²) in [6.07, 6.45) is 2.23. The van der Waals surface area contributed by atoms with E-state index < -0.39 is 22.7 Å². The predicted octanol–water partition coefficient (Wildman–Crippen LogP) is 2.71. The first-order chi connectivity index (χ1) is 12.7. The van der Waals surface area contributed by atoms with E-state index in [2.05, 4.69) is 0 Å². The van der Waals surface area contributed by atoms with Crippen LogP contribution in [0, 0.1) is 10.1 Å². The number of carbonyl (C=O) groups is 1. The van der Waals surface area contributed by atoms with Gasteiger partial charge in [0.1, 0.15) is 23.2 Å². The Bertz CT molecular complexity index is 788. The molecule has 1 aromatic carbocycles. The number of carbonyl (C=O) groups excluding carboxylic acids is 1. The predicted molar refractivity (Wildman–Crippen MR) is 97.2 cm³/mol. The van der Waals surface area contributed by atoms with Crippen molar-refractivity contribution in [2.45, 2.75) is 51.4 Å². The van der Waals surface area contributed by atoms with E-state index in [9.17, 15) is 20.0 Å². The van der Waals surface area contributed by atoms with Crippen molar-refractivity contribution in [3.63, 3.8) is 0 Å². The van der Waals surface area contributed by atoms with E-state index in [0.717, 1.165) is 12.8 Å². The zero-order valence-corrected chi connectivity index (χ0v) is 15.7. The summed E-state index contributed by atoms with van der Waals surface area (Å²) in [6.45, 7) is 6.23. The molecule has 146 valence electrons. The molecular formula is C19H24N2O6. The van der Waals surface area contributed by atoms with Crippen LogP contribution in [0.5, 0.6) is 5.75 Å². The number of hydrogen-bond donors (Lipinski definition) is 1. The number of rotatable bonds is 6. The fourth-order valence-electron chi connectivity index (χ4n) is 3.39. The molecule has 2 heterocycles. The molecule has 2 atom stereocenters. The van der Waals surface area contributed by atoms with Gasteiger partial charge in [-0.3, -0.25) is 14.9 Å². The molecule has 1 amide bonds. The molecule has 8 nitrogen and oxygen atoms in total. The summed E-state index contributed by atoms with van der Waals surface area (Å²) in [5.74, 6) is 0.673. The zero-order valence-electron chi connectivity index (χ0n) is 15.7. The normalized spacial score (nSPS) is 23.5. The van der Waals surface area contributed by atoms with Gasteiger partial charge in [0.25, 0.3) is 11.6 Å². The van der Waals surface area contributed by atoms with Crippen molar-refractivity contribution < 1.29 is 24.3 Å². The van der Waals surface area contributed by atoms with Gasteiger partial charge in [-0.15, -0.1) is 0 Å². The molecule has 0 saturated heterocycles. The lowest BCUT2D eigenvalue weighted by molar-refractivity contribution is -0.385. The van der Waals surface area contributed by atoms with Crippen LogP contribution in [0.3, 0.4) is 0 Å². The number of hydrogen-bond acceptors (Lipinski definition) is 6. The van der Waals surface area contributed by atoms with Gasteiger partial charge in [0, 0.05) is 23.8 Å². The van der Waals surface area contributed by atoms with Gasteiger partial charge >= 0.3 is 0 Å². The van der Waals surface area contributed by atoms with Crippen LogP contribution >= 0.6 is 0 Å². The molecule has 27 heavy (non-hydrogen) atoms. The molecule has 0 aromatic heterocycles. The molecule has 2 aliphatic rings. The van der Waals surface area contributed by atoms with Crippen LogP contribution in [-0.4, -0.2) is 45.7 Å². The standard InChI is InChI=1S/C19H24N2O6/c1-4-5-8-26-13-10-16(22)20(11-13)17-14-9-12(21(24)25)6-7-15(14)27-19(2,3)18(17)23/h6-7,9-10,17-18,23H,4-5,8,11H2,1-3H3/t17-,18+/m1/s1. The van der Waals surface area contributed by atoms with Gasteiger partial charge in [-0.25, -0.2) is 0 Å². The third-order valence-corrected chi connectivity index (χ3v) is 4.92. The quantitative estimate of drug-likeness (QED) is 0.465. The maximum Gasteiger partial charge on any atom is 0.270 e. The second kappa shape index (κ2) is 7.19. The van der Waals surface area contributed by atoms with Gasteiger partial charge in [-0.05, 0) is 26.3 Å². The van der Waals surface area contributed by atoms with Crippen molar-refractivity contribution in [1.29, 1.82) is 0 Å². The maximum absolute atomic E-state index is 12.6. The van der Waals surface area contributed by atoms with Crippen molar-refractivity contribution >= 4 is 11.6 Å². The number of aliphatic hydroxyl groups excluding tert-OH is 1. The highest BCUT2D eigenvalue weighted by molar-refractivity contribution is 5.91. The summed E-state index contributed by atoms with van der Waals surface area (Å²) in [4.78, 5) is 24.7. The van der Waals surface area contributed by atoms with E-state index in [-0.39, 0.29) is 18.1 Å². The number of aliphatic hydroxyl groups is 1. The first kappa shape index (κ1) is 19.2. The van der Waals surface area contributed by atoms with E-state index in [1.54, 1.807) is 13.8 Å². The lowest BCUT2D eigenvalue weighted by atomic mass is 9.85. The molecule has 0 unspecified atom stereocenters. The summed E-state index contributed by atoms with van der Waals surface area (Å²) in [6, 6.07) is 3.47. The van der Waals surface area contributed by atoms with Crippen LogP contribution in [0.2, 0.25) is 0 Å². The summed E-state index contributed by atoms with van der Waals surface area (Å²) in [5, 5.41) is 22.1. The third kappa shape index (κ3) is 3.62. The molecule has 0 bridgehead atoms. The molecular weight excluding hydrogens is 352 g/mol. The van der Waals surface area contributed by atoms with Gasteiger partial charge in [-0.2, -0.15) is 0 Å². The first-order valence-electron chi connectivity index (χ1n) is 9.04. The van der Waals surface area contributed by atoms with Gasteiger partial charge < -0.3 is 19.5 Å². The maximum atomic E-state index is 12.6. The third-order valence-electron chi connectivity index (χ3n) is 4.92. The highest BCUT2D eigenvalue weighted by atomic mass is 16.6. The van der Waals surface area contributed by atoms with Crippen LogP contribution in [0.25, 0.3) is 0 Å². The summed E-state index contributed by atoms with van der Waals surface area (Å²) in [7, 11) is 0. The van der Waals surface area contributed by atoms with E-state index in [1.165, 1.54) is 29.2 Å². The van der Waals surface area contributed by atoms with E-state index in [1.807, 2.05) is 6.92 Å². The fourth-order valence-corrected chi connectivity index (χ4v) is 3.39. The number of ether oxygens (including phenoxy) is 2. The first-order valence-corrected chi connectivity index (χ1v) is 9.04. The lowest BCUT2D eigenvalue weighted by Gasteiger charge is -2.45. The average molecular weight is 376 g/mol. The number of non-ortho nitro benzene ring substituents is 1. The molecule has 0 radical (unpaired) electrons. The molecule has 8 heteroatoms. The summed E-state index contributed by atoms with van der Waals surface area (Å²) < 4.78 is 11.5. The molecule has 0 spiro atoms. The van der Waals surface area contributed by atoms with Crippen LogP contribution < -0.4 is 4.74 Å². The minimum atomic E-state index is -1.06. The Labute approximate surface area is 157 Å². The van der Waals surface area contributed by atoms with Gasteiger partial charge in [0.2, 0.25) is 0 Å². The molecule has 3 rings (SSSR count). The number of nitro groups is 1. The molecule has 1 aromatic rings. The highest BCUT2D eigenvalue weighted by Gasteiger charge is 2.48. The van der Waals surface area contributed by atoms with Crippen molar-refractivity contribution in [3.05, 3.63) is 45.7 Å². The van der Waals surface area contributed by atoms with Crippen LogP contribution in [-0.2, 0) is 9.53 Å². The Morgan fingerprint density at radius 2 is 2.19 bits per heavy atom. The monoisotopic (exact) mass is 376 g/mol. The zero-order chi connectivity index (χ0) is 19.8. The minimum absolute atomic E-state index is 0.117. The van der Waals surface area contributed by atoms with Gasteiger partial charge in [0.15, 0.2) is 0 Å². The van der Waals surface area contributed by atoms with Crippen molar-refractivity contribution in [1.82, 2.24) is 4.90 Å². The van der Waals surface area contributed by atoms with E-state index >= 15 is 0 Å². The van der Waals surface area contributed by atoms with Crippen LogP contribution in [0.4, 0.5) is 5.69 Å². The van der Waals surface area contributed by atoms with E-state index in [4.69, 9.17) is 9.47 Å². The van der Waals surface area contributed by atoms with Crippen LogP contribution in [0.1, 0.15) is 45.2 Å². The Morgan fingerprint density at radius 3 is 2.85 bits per heavy atom. The Balaban J connectivity index is 1.93. The topological polar surface area (TPSA) is 102 Å². The molecule has 1 N–H and O–H groups in total. The minimum Gasteiger partial charge on any atom is -0.496 e. The number of nitro benzene ring substituents is 1. The largest absolute Gasteiger partial charge is 0.496 e. The Kier molecular flexibility index (Phi) is 5.10. The Hall–Kier alpha value is -2.61. The fraction of sp³-hybridized carbons (Fsp3) is 0.526. The number of nitrogens with zero attached hydrogens (tertiary/aromatic N) is 2. The average Bonchev–Trinajstić information content (AvgIpc) is 2.96.